The Balaban J connectivity index is 1.92. The first-order chi connectivity index (χ1) is 16.7. The smallest absolute Gasteiger partial charge is 0.305 e. The Bertz CT molecular complexity index is 1200. The number of pyridine rings is 1. The Kier molecular flexibility index (Phi) is 9.49. The number of aliphatic hydroxyl groups excluding tert-OH is 1. The third kappa shape index (κ3) is 7.69. The van der Waals surface area contributed by atoms with E-state index >= 15 is 0 Å². The number of halogens is 1. The average molecular weight is 498 g/mol. The van der Waals surface area contributed by atoms with E-state index in [0.717, 1.165) is 33.6 Å². The van der Waals surface area contributed by atoms with Crippen LogP contribution >= 0.6 is 8.03 Å². The highest BCUT2D eigenvalue weighted by atomic mass is 31.1. The second-order valence-corrected chi connectivity index (χ2v) is 9.86. The van der Waals surface area contributed by atoms with Crippen LogP contribution in [0.25, 0.3) is 28.5 Å². The van der Waals surface area contributed by atoms with Gasteiger partial charge in [0.15, 0.2) is 8.03 Å². The van der Waals surface area contributed by atoms with Crippen molar-refractivity contribution in [2.45, 2.75) is 32.3 Å². The van der Waals surface area contributed by atoms with Crippen molar-refractivity contribution in [1.82, 2.24) is 4.98 Å². The summed E-state index contributed by atoms with van der Waals surface area (Å²) >= 11 is 0. The lowest BCUT2D eigenvalue weighted by molar-refractivity contribution is -0.138. The third-order valence-corrected chi connectivity index (χ3v) is 6.59. The SMILES string of the molecule is CC(C)c1nc(-c2ccccc2)cc(-c2ccc(F)cc2)c1/C=C/CO[PH](=O)C[C@@H](O)CC(=O)O. The molecule has 2 atom stereocenters. The molecule has 1 heterocycles. The summed E-state index contributed by atoms with van der Waals surface area (Å²) in [6.45, 7) is 4.11. The van der Waals surface area contributed by atoms with E-state index in [2.05, 4.69) is 0 Å². The number of rotatable bonds is 11. The highest BCUT2D eigenvalue weighted by molar-refractivity contribution is 7.39. The maximum absolute atomic E-state index is 13.6. The molecule has 184 valence electrons. The highest BCUT2D eigenvalue weighted by Crippen LogP contribution is 2.34. The summed E-state index contributed by atoms with van der Waals surface area (Å²) < 4.78 is 31.0. The van der Waals surface area contributed by atoms with Crippen LogP contribution in [0.5, 0.6) is 0 Å². The minimum atomic E-state index is -2.59. The van der Waals surface area contributed by atoms with E-state index in [-0.39, 0.29) is 24.5 Å². The van der Waals surface area contributed by atoms with Gasteiger partial charge in [0.25, 0.3) is 0 Å². The Morgan fingerprint density at radius 1 is 1.11 bits per heavy atom. The van der Waals surface area contributed by atoms with E-state index in [4.69, 9.17) is 14.6 Å². The predicted octanol–water partition coefficient (Wildman–Crippen LogP) is 6.02. The summed E-state index contributed by atoms with van der Waals surface area (Å²) in [4.78, 5) is 15.6. The van der Waals surface area contributed by atoms with Crippen LogP contribution in [0.2, 0.25) is 0 Å². The number of aliphatic carboxylic acids is 1. The van der Waals surface area contributed by atoms with Gasteiger partial charge in [0, 0.05) is 17.3 Å². The van der Waals surface area contributed by atoms with Crippen LogP contribution in [0, 0.1) is 5.82 Å². The van der Waals surface area contributed by atoms with Gasteiger partial charge in [0.05, 0.1) is 30.5 Å². The van der Waals surface area contributed by atoms with E-state index in [1.165, 1.54) is 12.1 Å². The van der Waals surface area contributed by atoms with Crippen LogP contribution in [0.15, 0.2) is 66.7 Å². The van der Waals surface area contributed by atoms with Crippen molar-refractivity contribution < 1.29 is 28.5 Å². The molecule has 1 aromatic heterocycles. The van der Waals surface area contributed by atoms with Crippen molar-refractivity contribution >= 4 is 20.1 Å². The lowest BCUT2D eigenvalue weighted by atomic mass is 9.92. The van der Waals surface area contributed by atoms with Crippen molar-refractivity contribution in [2.24, 2.45) is 0 Å². The molecule has 3 rings (SSSR count). The van der Waals surface area contributed by atoms with Crippen LogP contribution in [0.3, 0.4) is 0 Å². The third-order valence-electron chi connectivity index (χ3n) is 5.30. The first kappa shape index (κ1) is 26.5. The van der Waals surface area contributed by atoms with Crippen LogP contribution in [-0.4, -0.2) is 40.0 Å². The molecule has 1 unspecified atom stereocenters. The normalized spacial score (nSPS) is 13.3. The molecule has 6 nitrogen and oxygen atoms in total. The molecule has 0 saturated heterocycles. The minimum absolute atomic E-state index is 0.0262. The molecule has 0 aliphatic heterocycles. The van der Waals surface area contributed by atoms with Gasteiger partial charge < -0.3 is 14.7 Å². The number of benzene rings is 2. The minimum Gasteiger partial charge on any atom is -0.481 e. The molecular formula is C27H29FNO5P. The van der Waals surface area contributed by atoms with Crippen LogP contribution < -0.4 is 0 Å². The number of carboxylic acids is 1. The first-order valence-electron chi connectivity index (χ1n) is 11.3. The summed E-state index contributed by atoms with van der Waals surface area (Å²) in [7, 11) is -2.59. The molecule has 8 heteroatoms. The molecule has 0 bridgehead atoms. The van der Waals surface area contributed by atoms with Crippen LogP contribution in [-0.2, 0) is 13.9 Å². The van der Waals surface area contributed by atoms with Crippen LogP contribution in [0.4, 0.5) is 4.39 Å². The van der Waals surface area contributed by atoms with Gasteiger partial charge in [-0.05, 0) is 35.2 Å². The van der Waals surface area contributed by atoms with E-state index < -0.39 is 26.5 Å². The molecule has 2 N–H and O–H groups in total. The summed E-state index contributed by atoms with van der Waals surface area (Å²) in [6, 6.07) is 18.1. The van der Waals surface area contributed by atoms with Crippen molar-refractivity contribution in [1.29, 1.82) is 0 Å². The Labute approximate surface area is 205 Å². The fourth-order valence-electron chi connectivity index (χ4n) is 3.65. The largest absolute Gasteiger partial charge is 0.481 e. The molecule has 0 saturated carbocycles. The number of carbonyl (C=O) groups is 1. The van der Waals surface area contributed by atoms with Gasteiger partial charge in [-0.1, -0.05) is 68.5 Å². The number of hydrogen-bond donors (Lipinski definition) is 2. The molecule has 2 aromatic carbocycles. The summed E-state index contributed by atoms with van der Waals surface area (Å²) in [5, 5.41) is 18.3. The van der Waals surface area contributed by atoms with Gasteiger partial charge in [-0.2, -0.15) is 0 Å². The molecule has 0 aliphatic carbocycles. The standard InChI is InChI=1S/C27H29FNO5P/c1-18(2)27-23(9-6-14-34-35(33)17-22(30)15-26(31)32)24(19-10-12-21(28)13-11-19)16-25(29-27)20-7-4-3-5-8-20/h3-13,16,18,22,30,35H,14-15,17H2,1-2H3,(H,31,32)/b9-6+/t22-/m0/s1. The zero-order chi connectivity index (χ0) is 25.4. The molecule has 0 spiro atoms. The fraction of sp³-hybridized carbons (Fsp3) is 0.259. The molecular weight excluding hydrogens is 468 g/mol. The monoisotopic (exact) mass is 497 g/mol. The second-order valence-electron chi connectivity index (χ2n) is 8.42. The van der Waals surface area contributed by atoms with Gasteiger partial charge in [0.2, 0.25) is 0 Å². The quantitative estimate of drug-likeness (QED) is 0.315. The van der Waals surface area contributed by atoms with E-state index in [9.17, 15) is 18.9 Å². The molecule has 35 heavy (non-hydrogen) atoms. The zero-order valence-electron chi connectivity index (χ0n) is 19.6. The van der Waals surface area contributed by atoms with Gasteiger partial charge >= 0.3 is 5.97 Å². The summed E-state index contributed by atoms with van der Waals surface area (Å²) in [5.74, 6) is -1.40. The lowest BCUT2D eigenvalue weighted by Gasteiger charge is -2.17. The van der Waals surface area contributed by atoms with Crippen molar-refractivity contribution in [3.63, 3.8) is 0 Å². The molecule has 0 aliphatic rings. The van der Waals surface area contributed by atoms with Gasteiger partial charge in [-0.15, -0.1) is 0 Å². The van der Waals surface area contributed by atoms with E-state index in [1.54, 1.807) is 18.2 Å². The van der Waals surface area contributed by atoms with E-state index in [0.29, 0.717) is 0 Å². The maximum atomic E-state index is 13.6. The number of aliphatic hydroxyl groups is 1. The molecule has 0 fully saturated rings. The Hall–Kier alpha value is -3.12. The maximum Gasteiger partial charge on any atom is 0.305 e. The number of nitrogens with zero attached hydrogens (tertiary/aromatic N) is 1. The van der Waals surface area contributed by atoms with Crippen molar-refractivity contribution in [3.05, 3.63) is 83.8 Å². The second kappa shape index (κ2) is 12.5. The van der Waals surface area contributed by atoms with Crippen molar-refractivity contribution in [3.8, 4) is 22.4 Å². The summed E-state index contributed by atoms with van der Waals surface area (Å²) in [6.07, 6.45) is 1.66. The van der Waals surface area contributed by atoms with Gasteiger partial charge in [0.1, 0.15) is 5.82 Å². The fourth-order valence-corrected chi connectivity index (χ4v) is 4.58. The average Bonchev–Trinajstić information content (AvgIpc) is 2.82. The lowest BCUT2D eigenvalue weighted by Crippen LogP contribution is -2.15. The molecule has 3 aromatic rings. The Morgan fingerprint density at radius 3 is 2.43 bits per heavy atom. The molecule has 0 radical (unpaired) electrons. The van der Waals surface area contributed by atoms with Crippen LogP contribution in [0.1, 0.15) is 37.4 Å². The Morgan fingerprint density at radius 2 is 1.80 bits per heavy atom. The predicted molar refractivity (Wildman–Crippen MR) is 136 cm³/mol. The molecule has 0 amide bonds. The topological polar surface area (TPSA) is 96.7 Å². The number of aromatic nitrogens is 1. The number of hydrogen-bond acceptors (Lipinski definition) is 5. The van der Waals surface area contributed by atoms with Crippen molar-refractivity contribution in [2.75, 3.05) is 12.8 Å². The number of carboxylic acid groups (broad SMARTS) is 1. The van der Waals surface area contributed by atoms with Gasteiger partial charge in [-0.25, -0.2) is 4.39 Å². The highest BCUT2D eigenvalue weighted by Gasteiger charge is 2.17. The summed E-state index contributed by atoms with van der Waals surface area (Å²) in [5.41, 5.74) is 5.18. The first-order valence-corrected chi connectivity index (χ1v) is 12.8. The zero-order valence-corrected chi connectivity index (χ0v) is 20.6. The van der Waals surface area contributed by atoms with E-state index in [1.807, 2.05) is 56.3 Å². The van der Waals surface area contributed by atoms with Gasteiger partial charge in [-0.3, -0.25) is 14.3 Å².